The van der Waals surface area contributed by atoms with Crippen LogP contribution in [0.1, 0.15) is 24.1 Å². The molecule has 2 rings (SSSR count). The molecule has 0 bridgehead atoms. The minimum absolute atomic E-state index is 0.211. The predicted octanol–water partition coefficient (Wildman–Crippen LogP) is 3.92. The zero-order chi connectivity index (χ0) is 14.0. The Hall–Kier alpha value is -1.87. The molecule has 0 saturated carbocycles. The van der Waals surface area contributed by atoms with Crippen molar-refractivity contribution >= 4 is 11.4 Å². The van der Waals surface area contributed by atoms with Crippen LogP contribution < -0.4 is 10.6 Å². The second-order valence-corrected chi connectivity index (χ2v) is 4.84. The maximum Gasteiger partial charge on any atom is 0.123 e. The minimum atomic E-state index is -0.255. The quantitative estimate of drug-likeness (QED) is 0.904. The Morgan fingerprint density at radius 2 is 1.79 bits per heavy atom. The van der Waals surface area contributed by atoms with Gasteiger partial charge in [-0.3, -0.25) is 0 Å². The van der Waals surface area contributed by atoms with Crippen LogP contribution in [0, 0.1) is 12.7 Å². The van der Waals surface area contributed by atoms with E-state index in [0.29, 0.717) is 0 Å². The average Bonchev–Trinajstić information content (AvgIpc) is 2.38. The van der Waals surface area contributed by atoms with E-state index >= 15 is 0 Å². The lowest BCUT2D eigenvalue weighted by atomic mass is 10.0. The molecule has 3 heteroatoms. The maximum absolute atomic E-state index is 13.4. The molecular formula is C16H19FN2. The summed E-state index contributed by atoms with van der Waals surface area (Å²) in [6, 6.07) is 12.6. The molecule has 0 aliphatic heterocycles. The van der Waals surface area contributed by atoms with Crippen LogP contribution in [-0.4, -0.2) is 7.05 Å². The Morgan fingerprint density at radius 3 is 2.42 bits per heavy atom. The summed E-state index contributed by atoms with van der Waals surface area (Å²) in [6.07, 6.45) is 0. The van der Waals surface area contributed by atoms with Gasteiger partial charge in [0.15, 0.2) is 0 Å². The Bertz CT molecular complexity index is 579. The third-order valence-corrected chi connectivity index (χ3v) is 3.32. The second kappa shape index (κ2) is 5.41. The van der Waals surface area contributed by atoms with Crippen molar-refractivity contribution < 1.29 is 4.39 Å². The van der Waals surface area contributed by atoms with Gasteiger partial charge in [0.1, 0.15) is 5.82 Å². The monoisotopic (exact) mass is 258 g/mol. The first kappa shape index (κ1) is 13.6. The SMILES string of the molecule is Cc1ccccc1N(C)c1ccc(F)cc1[C@H](C)N. The largest absolute Gasteiger partial charge is 0.344 e. The molecule has 2 N–H and O–H groups in total. The van der Waals surface area contributed by atoms with Crippen LogP contribution in [-0.2, 0) is 0 Å². The van der Waals surface area contributed by atoms with Gasteiger partial charge in [0.25, 0.3) is 0 Å². The van der Waals surface area contributed by atoms with E-state index in [2.05, 4.69) is 13.0 Å². The van der Waals surface area contributed by atoms with Gasteiger partial charge in [0.2, 0.25) is 0 Å². The summed E-state index contributed by atoms with van der Waals surface area (Å²) in [7, 11) is 1.97. The fourth-order valence-electron chi connectivity index (χ4n) is 2.27. The van der Waals surface area contributed by atoms with Crippen LogP contribution in [0.2, 0.25) is 0 Å². The third-order valence-electron chi connectivity index (χ3n) is 3.32. The number of hydrogen-bond donors (Lipinski definition) is 1. The maximum atomic E-state index is 13.4. The van der Waals surface area contributed by atoms with Gasteiger partial charge in [-0.2, -0.15) is 0 Å². The number of hydrogen-bond acceptors (Lipinski definition) is 2. The highest BCUT2D eigenvalue weighted by atomic mass is 19.1. The molecule has 0 heterocycles. The van der Waals surface area contributed by atoms with E-state index in [1.54, 1.807) is 6.07 Å². The minimum Gasteiger partial charge on any atom is -0.344 e. The van der Waals surface area contributed by atoms with E-state index < -0.39 is 0 Å². The average molecular weight is 258 g/mol. The highest BCUT2D eigenvalue weighted by Crippen LogP contribution is 2.32. The van der Waals surface area contributed by atoms with E-state index in [1.165, 1.54) is 17.7 Å². The number of benzene rings is 2. The van der Waals surface area contributed by atoms with Gasteiger partial charge in [-0.15, -0.1) is 0 Å². The van der Waals surface area contributed by atoms with Crippen molar-refractivity contribution in [2.75, 3.05) is 11.9 Å². The second-order valence-electron chi connectivity index (χ2n) is 4.84. The first-order valence-electron chi connectivity index (χ1n) is 6.35. The number of aryl methyl sites for hydroxylation is 1. The first-order valence-corrected chi connectivity index (χ1v) is 6.35. The summed E-state index contributed by atoms with van der Waals surface area (Å²) in [5.41, 5.74) is 9.96. The topological polar surface area (TPSA) is 29.3 Å². The molecule has 100 valence electrons. The number of rotatable bonds is 3. The summed E-state index contributed by atoms with van der Waals surface area (Å²) in [5, 5.41) is 0. The van der Waals surface area contributed by atoms with Gasteiger partial charge in [-0.25, -0.2) is 4.39 Å². The lowest BCUT2D eigenvalue weighted by Crippen LogP contribution is -2.16. The van der Waals surface area contributed by atoms with E-state index in [4.69, 9.17) is 5.73 Å². The number of para-hydroxylation sites is 1. The van der Waals surface area contributed by atoms with Gasteiger partial charge >= 0.3 is 0 Å². The van der Waals surface area contributed by atoms with Crippen molar-refractivity contribution in [3.63, 3.8) is 0 Å². The molecule has 0 aromatic heterocycles. The molecule has 0 spiro atoms. The Labute approximate surface area is 113 Å². The molecule has 2 nitrogen and oxygen atoms in total. The predicted molar refractivity (Wildman–Crippen MR) is 78.2 cm³/mol. The van der Waals surface area contributed by atoms with Crippen molar-refractivity contribution in [2.24, 2.45) is 5.73 Å². The molecular weight excluding hydrogens is 239 g/mol. The molecule has 2 aromatic carbocycles. The van der Waals surface area contributed by atoms with E-state index in [-0.39, 0.29) is 11.9 Å². The molecule has 0 radical (unpaired) electrons. The van der Waals surface area contributed by atoms with Gasteiger partial charge in [-0.05, 0) is 49.2 Å². The lowest BCUT2D eigenvalue weighted by molar-refractivity contribution is 0.622. The summed E-state index contributed by atoms with van der Waals surface area (Å²) < 4.78 is 13.4. The summed E-state index contributed by atoms with van der Waals surface area (Å²) in [5.74, 6) is -0.255. The highest BCUT2D eigenvalue weighted by Gasteiger charge is 2.14. The van der Waals surface area contributed by atoms with Crippen molar-refractivity contribution in [1.82, 2.24) is 0 Å². The number of halogens is 1. The number of nitrogens with two attached hydrogens (primary N) is 1. The molecule has 0 unspecified atom stereocenters. The van der Waals surface area contributed by atoms with Gasteiger partial charge in [0, 0.05) is 24.5 Å². The molecule has 2 aromatic rings. The normalized spacial score (nSPS) is 12.3. The van der Waals surface area contributed by atoms with Crippen molar-refractivity contribution in [1.29, 1.82) is 0 Å². The van der Waals surface area contributed by atoms with E-state index in [1.807, 2.05) is 37.1 Å². The van der Waals surface area contributed by atoms with E-state index in [9.17, 15) is 4.39 Å². The molecule has 0 amide bonds. The van der Waals surface area contributed by atoms with Crippen LogP contribution >= 0.6 is 0 Å². The van der Waals surface area contributed by atoms with Crippen LogP contribution in [0.3, 0.4) is 0 Å². The van der Waals surface area contributed by atoms with Gasteiger partial charge in [-0.1, -0.05) is 18.2 Å². The zero-order valence-electron chi connectivity index (χ0n) is 11.5. The Morgan fingerprint density at radius 1 is 1.11 bits per heavy atom. The molecule has 0 aliphatic rings. The Kier molecular flexibility index (Phi) is 3.86. The highest BCUT2D eigenvalue weighted by molar-refractivity contribution is 5.68. The summed E-state index contributed by atoms with van der Waals surface area (Å²) in [6.45, 7) is 3.92. The Balaban J connectivity index is 2.50. The molecule has 0 aliphatic carbocycles. The van der Waals surface area contributed by atoms with E-state index in [0.717, 1.165) is 16.9 Å². The van der Waals surface area contributed by atoms with Crippen LogP contribution in [0.4, 0.5) is 15.8 Å². The van der Waals surface area contributed by atoms with Crippen molar-refractivity contribution in [3.8, 4) is 0 Å². The summed E-state index contributed by atoms with van der Waals surface area (Å²) in [4.78, 5) is 2.05. The number of nitrogens with zero attached hydrogens (tertiary/aromatic N) is 1. The number of anilines is 2. The fourth-order valence-corrected chi connectivity index (χ4v) is 2.27. The smallest absolute Gasteiger partial charge is 0.123 e. The first-order chi connectivity index (χ1) is 9.00. The molecule has 0 saturated heterocycles. The lowest BCUT2D eigenvalue weighted by Gasteiger charge is -2.25. The standard InChI is InChI=1S/C16H19FN2/c1-11-6-4-5-7-15(11)19(3)16-9-8-13(17)10-14(16)12(2)18/h4-10,12H,18H2,1-3H3/t12-/m0/s1. The molecule has 19 heavy (non-hydrogen) atoms. The summed E-state index contributed by atoms with van der Waals surface area (Å²) >= 11 is 0. The molecule has 0 fully saturated rings. The zero-order valence-corrected chi connectivity index (χ0v) is 11.5. The van der Waals surface area contributed by atoms with Crippen molar-refractivity contribution in [2.45, 2.75) is 19.9 Å². The van der Waals surface area contributed by atoms with Crippen molar-refractivity contribution in [3.05, 3.63) is 59.4 Å². The third kappa shape index (κ3) is 2.76. The van der Waals surface area contributed by atoms with Crippen LogP contribution in [0.15, 0.2) is 42.5 Å². The van der Waals surface area contributed by atoms with Crippen LogP contribution in [0.25, 0.3) is 0 Å². The van der Waals surface area contributed by atoms with Gasteiger partial charge < -0.3 is 10.6 Å². The van der Waals surface area contributed by atoms with Gasteiger partial charge in [0.05, 0.1) is 0 Å². The fraction of sp³-hybridized carbons (Fsp3) is 0.250. The molecule has 1 atom stereocenters. The van der Waals surface area contributed by atoms with Crippen LogP contribution in [0.5, 0.6) is 0 Å².